The fourth-order valence-corrected chi connectivity index (χ4v) is 3.18. The van der Waals surface area contributed by atoms with E-state index >= 15 is 0 Å². The average Bonchev–Trinajstić information content (AvgIpc) is 3.00. The number of ether oxygens (including phenoxy) is 3. The summed E-state index contributed by atoms with van der Waals surface area (Å²) in [5.41, 5.74) is 2.06. The summed E-state index contributed by atoms with van der Waals surface area (Å²) < 4.78 is 18.2. The molecule has 1 aromatic carbocycles. The molecule has 9 heteroatoms. The Kier molecular flexibility index (Phi) is 10.5. The summed E-state index contributed by atoms with van der Waals surface area (Å²) >= 11 is 6.09. The molecule has 0 atom stereocenters. The van der Waals surface area contributed by atoms with Gasteiger partial charge in [-0.25, -0.2) is 4.99 Å². The van der Waals surface area contributed by atoms with E-state index in [4.69, 9.17) is 30.8 Å². The number of hydrogen-bond acceptors (Lipinski definition) is 4. The molecule has 2 aromatic rings. The fraction of sp³-hybridized carbons (Fsp3) is 0.450. The number of benzene rings is 1. The largest absolute Gasteiger partial charge is 0.493 e. The van der Waals surface area contributed by atoms with Gasteiger partial charge in [0.25, 0.3) is 0 Å². The molecule has 1 N–H and O–H groups in total. The minimum atomic E-state index is 0. The van der Waals surface area contributed by atoms with E-state index in [0.29, 0.717) is 30.3 Å². The lowest BCUT2D eigenvalue weighted by Crippen LogP contribution is -2.38. The van der Waals surface area contributed by atoms with Crippen LogP contribution in [-0.4, -0.2) is 50.3 Å². The summed E-state index contributed by atoms with van der Waals surface area (Å²) in [6.07, 6.45) is 1.89. The van der Waals surface area contributed by atoms with Gasteiger partial charge in [-0.1, -0.05) is 11.6 Å². The van der Waals surface area contributed by atoms with E-state index in [1.165, 1.54) is 0 Å². The highest BCUT2D eigenvalue weighted by Crippen LogP contribution is 2.38. The SMILES string of the molecule is CCNC(=NCc1cc(OC)c(OC)c(OC)c1)N(C)Cc1cc(Cl)cn1C.I. The number of aliphatic imine (C=N–C) groups is 1. The first-order valence-electron chi connectivity index (χ1n) is 9.02. The molecule has 29 heavy (non-hydrogen) atoms. The molecule has 2 rings (SSSR count). The highest BCUT2D eigenvalue weighted by molar-refractivity contribution is 14.0. The van der Waals surface area contributed by atoms with E-state index in [-0.39, 0.29) is 24.0 Å². The first kappa shape index (κ1) is 25.2. The Labute approximate surface area is 195 Å². The second-order valence-electron chi connectivity index (χ2n) is 6.32. The lowest BCUT2D eigenvalue weighted by Gasteiger charge is -2.22. The van der Waals surface area contributed by atoms with Crippen LogP contribution in [0.25, 0.3) is 0 Å². The van der Waals surface area contributed by atoms with Crippen LogP contribution in [-0.2, 0) is 20.1 Å². The summed E-state index contributed by atoms with van der Waals surface area (Å²) in [6.45, 7) is 3.97. The van der Waals surface area contributed by atoms with Crippen LogP contribution in [0.2, 0.25) is 5.02 Å². The molecule has 7 nitrogen and oxygen atoms in total. The molecule has 0 saturated heterocycles. The van der Waals surface area contributed by atoms with Crippen LogP contribution >= 0.6 is 35.6 Å². The molecular formula is C20H30ClIN4O3. The molecule has 1 heterocycles. The Morgan fingerprint density at radius 3 is 2.21 bits per heavy atom. The molecule has 0 radical (unpaired) electrons. The van der Waals surface area contributed by atoms with Crippen molar-refractivity contribution >= 4 is 41.5 Å². The minimum Gasteiger partial charge on any atom is -0.493 e. The Bertz CT molecular complexity index is 801. The molecule has 0 aliphatic heterocycles. The van der Waals surface area contributed by atoms with Crippen LogP contribution in [0, 0.1) is 0 Å². The van der Waals surface area contributed by atoms with Crippen molar-refractivity contribution in [1.29, 1.82) is 0 Å². The third-order valence-electron chi connectivity index (χ3n) is 4.31. The number of rotatable bonds is 8. The van der Waals surface area contributed by atoms with E-state index in [9.17, 15) is 0 Å². The van der Waals surface area contributed by atoms with Gasteiger partial charge in [0.05, 0.1) is 39.4 Å². The van der Waals surface area contributed by atoms with Gasteiger partial charge in [0.1, 0.15) is 0 Å². The van der Waals surface area contributed by atoms with Crippen LogP contribution in [0.4, 0.5) is 0 Å². The van der Waals surface area contributed by atoms with E-state index in [2.05, 4.69) is 10.2 Å². The molecule has 0 unspecified atom stereocenters. The number of halogens is 2. The number of guanidine groups is 1. The zero-order valence-electron chi connectivity index (χ0n) is 17.8. The predicted molar refractivity (Wildman–Crippen MR) is 128 cm³/mol. The maximum absolute atomic E-state index is 6.09. The monoisotopic (exact) mass is 536 g/mol. The van der Waals surface area contributed by atoms with Crippen LogP contribution in [0.15, 0.2) is 29.4 Å². The quantitative estimate of drug-likeness (QED) is 0.315. The van der Waals surface area contributed by atoms with Crippen molar-refractivity contribution in [3.8, 4) is 17.2 Å². The number of methoxy groups -OCH3 is 3. The fourth-order valence-electron chi connectivity index (χ4n) is 2.90. The van der Waals surface area contributed by atoms with Crippen LogP contribution in [0.3, 0.4) is 0 Å². The van der Waals surface area contributed by atoms with Gasteiger partial charge in [-0.3, -0.25) is 0 Å². The summed E-state index contributed by atoms with van der Waals surface area (Å²) in [5.74, 6) is 2.60. The van der Waals surface area contributed by atoms with Gasteiger partial charge in [-0.15, -0.1) is 24.0 Å². The maximum Gasteiger partial charge on any atom is 0.203 e. The molecule has 0 aliphatic rings. The van der Waals surface area contributed by atoms with Crippen LogP contribution < -0.4 is 19.5 Å². The number of nitrogens with one attached hydrogen (secondary N) is 1. The number of aryl methyl sites for hydroxylation is 1. The molecule has 0 spiro atoms. The zero-order valence-corrected chi connectivity index (χ0v) is 20.9. The minimum absolute atomic E-state index is 0. The van der Waals surface area contributed by atoms with Crippen molar-refractivity contribution in [2.75, 3.05) is 34.9 Å². The van der Waals surface area contributed by atoms with Gasteiger partial charge in [-0.05, 0) is 30.7 Å². The molecule has 162 valence electrons. The third-order valence-corrected chi connectivity index (χ3v) is 4.51. The topological polar surface area (TPSA) is 60.3 Å². The molecule has 0 bridgehead atoms. The van der Waals surface area contributed by atoms with Crippen molar-refractivity contribution in [2.45, 2.75) is 20.0 Å². The third kappa shape index (κ3) is 6.60. The average molecular weight is 537 g/mol. The Balaban J connectivity index is 0.00000420. The van der Waals surface area contributed by atoms with Crippen molar-refractivity contribution in [1.82, 2.24) is 14.8 Å². The summed E-state index contributed by atoms with van der Waals surface area (Å²) in [6, 6.07) is 5.78. The van der Waals surface area contributed by atoms with Crippen LogP contribution in [0.1, 0.15) is 18.2 Å². The van der Waals surface area contributed by atoms with Gasteiger partial charge in [0.15, 0.2) is 17.5 Å². The van der Waals surface area contributed by atoms with Crippen molar-refractivity contribution < 1.29 is 14.2 Å². The number of hydrogen-bond donors (Lipinski definition) is 1. The normalized spacial score (nSPS) is 10.9. The van der Waals surface area contributed by atoms with E-state index in [0.717, 1.165) is 28.8 Å². The van der Waals surface area contributed by atoms with Gasteiger partial charge < -0.3 is 29.0 Å². The van der Waals surface area contributed by atoms with Gasteiger partial charge in [0, 0.05) is 32.5 Å². The highest BCUT2D eigenvalue weighted by atomic mass is 127. The summed E-state index contributed by atoms with van der Waals surface area (Å²) in [7, 11) is 8.78. The highest BCUT2D eigenvalue weighted by Gasteiger charge is 2.14. The molecule has 0 aliphatic carbocycles. The summed E-state index contributed by atoms with van der Waals surface area (Å²) in [5, 5.41) is 4.05. The molecule has 1 aromatic heterocycles. The Morgan fingerprint density at radius 1 is 1.14 bits per heavy atom. The van der Waals surface area contributed by atoms with Crippen LogP contribution in [0.5, 0.6) is 17.2 Å². The lowest BCUT2D eigenvalue weighted by atomic mass is 10.2. The zero-order chi connectivity index (χ0) is 20.7. The Morgan fingerprint density at radius 2 is 1.76 bits per heavy atom. The molecule has 0 saturated carbocycles. The lowest BCUT2D eigenvalue weighted by molar-refractivity contribution is 0.324. The maximum atomic E-state index is 6.09. The van der Waals surface area contributed by atoms with Gasteiger partial charge >= 0.3 is 0 Å². The second-order valence-corrected chi connectivity index (χ2v) is 6.76. The molecular weight excluding hydrogens is 507 g/mol. The summed E-state index contributed by atoms with van der Waals surface area (Å²) in [4.78, 5) is 6.82. The number of aromatic nitrogens is 1. The smallest absolute Gasteiger partial charge is 0.203 e. The van der Waals surface area contributed by atoms with E-state index in [1.807, 2.05) is 50.0 Å². The van der Waals surface area contributed by atoms with Gasteiger partial charge in [0.2, 0.25) is 5.75 Å². The van der Waals surface area contributed by atoms with Crippen molar-refractivity contribution in [2.24, 2.45) is 12.0 Å². The first-order valence-corrected chi connectivity index (χ1v) is 9.40. The van der Waals surface area contributed by atoms with E-state index < -0.39 is 0 Å². The Hall–Kier alpha value is -1.81. The first-order chi connectivity index (χ1) is 13.4. The molecule has 0 fully saturated rings. The standard InChI is InChI=1S/C20H29ClN4O3.HI/c1-7-22-20(25(3)13-16-10-15(21)12-24(16)2)23-11-14-8-17(26-4)19(28-6)18(9-14)27-5;/h8-10,12H,7,11,13H2,1-6H3,(H,22,23);1H. The second kappa shape index (κ2) is 12.0. The van der Waals surface area contributed by atoms with Crippen molar-refractivity contribution in [3.05, 3.63) is 40.7 Å². The van der Waals surface area contributed by atoms with E-state index in [1.54, 1.807) is 21.3 Å². The molecule has 0 amide bonds. The van der Waals surface area contributed by atoms with Gasteiger partial charge in [-0.2, -0.15) is 0 Å². The van der Waals surface area contributed by atoms with Crippen molar-refractivity contribution in [3.63, 3.8) is 0 Å². The number of nitrogens with zero attached hydrogens (tertiary/aromatic N) is 3. The predicted octanol–water partition coefficient (Wildman–Crippen LogP) is 3.92.